The molecule has 0 aliphatic carbocycles. The number of likely N-dealkylation sites (tertiary alicyclic amines) is 1. The molecule has 2 heterocycles. The van der Waals surface area contributed by atoms with E-state index >= 15 is 0 Å². The highest BCUT2D eigenvalue weighted by molar-refractivity contribution is 5.77. The molecule has 1 aliphatic rings. The van der Waals surface area contributed by atoms with E-state index in [-0.39, 0.29) is 25.6 Å². The van der Waals surface area contributed by atoms with Gasteiger partial charge in [-0.3, -0.25) is 14.4 Å². The lowest BCUT2D eigenvalue weighted by molar-refractivity contribution is -0.126. The van der Waals surface area contributed by atoms with Crippen LogP contribution in [0.1, 0.15) is 5.56 Å². The average Bonchev–Trinajstić information content (AvgIpc) is 3.30. The molecule has 0 bridgehead atoms. The fourth-order valence-electron chi connectivity index (χ4n) is 3.34. The Kier molecular flexibility index (Phi) is 7.21. The summed E-state index contributed by atoms with van der Waals surface area (Å²) < 4.78 is 12.3. The molecule has 2 atom stereocenters. The molecule has 0 radical (unpaired) electrons. The minimum Gasteiger partial charge on any atom is -0.492 e. The lowest BCUT2D eigenvalue weighted by Crippen LogP contribution is -2.51. The van der Waals surface area contributed by atoms with Crippen molar-refractivity contribution in [1.82, 2.24) is 20.0 Å². The molecule has 29 heavy (non-hydrogen) atoms. The number of ether oxygens (including phenoxy) is 2. The second-order valence-corrected chi connectivity index (χ2v) is 7.26. The Morgan fingerprint density at radius 2 is 2.17 bits per heavy atom. The van der Waals surface area contributed by atoms with Crippen molar-refractivity contribution in [3.63, 3.8) is 0 Å². The molecule has 1 aromatic carbocycles. The lowest BCUT2D eigenvalue weighted by atomic mass is 10.0. The molecule has 1 amide bonds. The number of amides is 1. The van der Waals surface area contributed by atoms with E-state index < -0.39 is 11.7 Å². The minimum absolute atomic E-state index is 0.0180. The number of hydrogen-bond acceptors (Lipinski definition) is 7. The fraction of sp³-hybridized carbons (Fsp3) is 0.500. The molecule has 0 spiro atoms. The first kappa shape index (κ1) is 21.3. The molecule has 0 saturated carbocycles. The zero-order valence-electron chi connectivity index (χ0n) is 16.5. The Hall–Kier alpha value is -2.46. The number of nitrogens with one attached hydrogen (secondary N) is 1. The van der Waals surface area contributed by atoms with Gasteiger partial charge in [-0.2, -0.15) is 5.10 Å². The number of aromatic nitrogens is 2. The van der Waals surface area contributed by atoms with E-state index in [1.165, 1.54) is 7.11 Å². The maximum atomic E-state index is 11.5. The highest BCUT2D eigenvalue weighted by Crippen LogP contribution is 2.24. The number of carbonyl (C=O) groups is 1. The second kappa shape index (κ2) is 9.84. The fourth-order valence-corrected chi connectivity index (χ4v) is 3.34. The van der Waals surface area contributed by atoms with Gasteiger partial charge in [0.2, 0.25) is 5.91 Å². The van der Waals surface area contributed by atoms with E-state index in [9.17, 15) is 15.0 Å². The number of methoxy groups -OCH3 is 1. The van der Waals surface area contributed by atoms with Crippen molar-refractivity contribution in [2.24, 2.45) is 0 Å². The molecular formula is C20H28N4O5. The molecule has 2 aromatic rings. The van der Waals surface area contributed by atoms with Crippen LogP contribution in [0.3, 0.4) is 0 Å². The van der Waals surface area contributed by atoms with E-state index in [2.05, 4.69) is 10.4 Å². The summed E-state index contributed by atoms with van der Waals surface area (Å²) >= 11 is 0. The van der Waals surface area contributed by atoms with E-state index in [1.807, 2.05) is 46.1 Å². The van der Waals surface area contributed by atoms with Crippen LogP contribution in [0, 0.1) is 0 Å². The second-order valence-electron chi connectivity index (χ2n) is 7.26. The van der Waals surface area contributed by atoms with Crippen molar-refractivity contribution in [2.75, 3.05) is 40.0 Å². The SMILES string of the molecule is COCC(=O)NC[C@]1(O)CN(Cc2ccc(OCCn3cccn3)cc2)C[C@H]1O. The van der Waals surface area contributed by atoms with E-state index in [1.54, 1.807) is 6.20 Å². The molecule has 1 saturated heterocycles. The lowest BCUT2D eigenvalue weighted by Gasteiger charge is -2.26. The number of nitrogens with zero attached hydrogens (tertiary/aromatic N) is 3. The first-order valence-corrected chi connectivity index (χ1v) is 9.56. The van der Waals surface area contributed by atoms with E-state index in [4.69, 9.17) is 9.47 Å². The van der Waals surface area contributed by atoms with Crippen molar-refractivity contribution in [3.8, 4) is 5.75 Å². The number of rotatable bonds is 10. The van der Waals surface area contributed by atoms with Crippen molar-refractivity contribution in [1.29, 1.82) is 0 Å². The van der Waals surface area contributed by atoms with Gasteiger partial charge >= 0.3 is 0 Å². The number of aliphatic hydroxyl groups excluding tert-OH is 1. The average molecular weight is 404 g/mol. The number of benzene rings is 1. The van der Waals surface area contributed by atoms with Crippen molar-refractivity contribution in [3.05, 3.63) is 48.3 Å². The molecule has 1 fully saturated rings. The Bertz CT molecular complexity index is 768. The van der Waals surface area contributed by atoms with Crippen LogP contribution in [0.5, 0.6) is 5.75 Å². The van der Waals surface area contributed by atoms with Gasteiger partial charge in [-0.1, -0.05) is 12.1 Å². The molecule has 1 aromatic heterocycles. The van der Waals surface area contributed by atoms with Gasteiger partial charge in [0.15, 0.2) is 0 Å². The molecule has 1 aliphatic heterocycles. The monoisotopic (exact) mass is 404 g/mol. The summed E-state index contributed by atoms with van der Waals surface area (Å²) in [6, 6.07) is 9.61. The number of aliphatic hydroxyl groups is 2. The minimum atomic E-state index is -1.38. The van der Waals surface area contributed by atoms with Crippen LogP contribution < -0.4 is 10.1 Å². The third-order valence-corrected chi connectivity index (χ3v) is 4.89. The quantitative estimate of drug-likeness (QED) is 0.496. The smallest absolute Gasteiger partial charge is 0.246 e. The third kappa shape index (κ3) is 6.01. The van der Waals surface area contributed by atoms with Crippen LogP contribution in [-0.4, -0.2) is 82.5 Å². The molecule has 9 heteroatoms. The zero-order valence-corrected chi connectivity index (χ0v) is 16.5. The molecule has 0 unspecified atom stereocenters. The molecular weight excluding hydrogens is 376 g/mol. The summed E-state index contributed by atoms with van der Waals surface area (Å²) in [4.78, 5) is 13.5. The van der Waals surface area contributed by atoms with Crippen LogP contribution in [0.2, 0.25) is 0 Å². The highest BCUT2D eigenvalue weighted by Gasteiger charge is 2.44. The first-order valence-electron chi connectivity index (χ1n) is 9.56. The summed E-state index contributed by atoms with van der Waals surface area (Å²) in [5, 5.41) is 27.7. The predicted molar refractivity (Wildman–Crippen MR) is 105 cm³/mol. The van der Waals surface area contributed by atoms with E-state index in [0.717, 1.165) is 11.3 Å². The normalized spacial score (nSPS) is 22.0. The summed E-state index contributed by atoms with van der Waals surface area (Å²) in [7, 11) is 1.43. The maximum Gasteiger partial charge on any atom is 0.246 e. The molecule has 3 rings (SSSR count). The maximum absolute atomic E-state index is 11.5. The number of hydrogen-bond donors (Lipinski definition) is 3. The summed E-state index contributed by atoms with van der Waals surface area (Å²) in [5.74, 6) is 0.453. The molecule has 3 N–H and O–H groups in total. The van der Waals surface area contributed by atoms with Gasteiger partial charge in [-0.25, -0.2) is 0 Å². The van der Waals surface area contributed by atoms with Crippen LogP contribution in [-0.2, 0) is 22.6 Å². The topological polar surface area (TPSA) is 109 Å². The largest absolute Gasteiger partial charge is 0.492 e. The number of carbonyl (C=O) groups excluding carboxylic acids is 1. The van der Waals surface area contributed by atoms with Gasteiger partial charge in [0, 0.05) is 39.1 Å². The Morgan fingerprint density at radius 1 is 1.38 bits per heavy atom. The zero-order chi connectivity index (χ0) is 20.7. The molecule has 9 nitrogen and oxygen atoms in total. The Labute approximate surface area is 169 Å². The molecule has 158 valence electrons. The van der Waals surface area contributed by atoms with Gasteiger partial charge < -0.3 is 25.0 Å². The standard InChI is InChI=1S/C20H28N4O5/c1-28-13-19(26)21-14-20(27)15-23(12-18(20)25)11-16-3-5-17(6-4-16)29-10-9-24-8-2-7-22-24/h2-8,18,25,27H,9-15H2,1H3,(H,21,26)/t18-,20+/m1/s1. The van der Waals surface area contributed by atoms with E-state index in [0.29, 0.717) is 26.2 Å². The van der Waals surface area contributed by atoms with Gasteiger partial charge in [0.05, 0.1) is 19.2 Å². The first-order chi connectivity index (χ1) is 14.0. The van der Waals surface area contributed by atoms with Crippen LogP contribution in [0.4, 0.5) is 0 Å². The predicted octanol–water partition coefficient (Wildman–Crippen LogP) is -0.368. The van der Waals surface area contributed by atoms with Gasteiger partial charge in [-0.15, -0.1) is 0 Å². The van der Waals surface area contributed by atoms with Gasteiger partial charge in [0.25, 0.3) is 0 Å². The van der Waals surface area contributed by atoms with Crippen molar-refractivity contribution >= 4 is 5.91 Å². The summed E-state index contributed by atoms with van der Waals surface area (Å²) in [6.07, 6.45) is 2.69. The van der Waals surface area contributed by atoms with Crippen molar-refractivity contribution < 1.29 is 24.5 Å². The van der Waals surface area contributed by atoms with Crippen LogP contribution in [0.15, 0.2) is 42.7 Å². The van der Waals surface area contributed by atoms with Crippen LogP contribution >= 0.6 is 0 Å². The van der Waals surface area contributed by atoms with Gasteiger partial charge in [-0.05, 0) is 23.8 Å². The van der Waals surface area contributed by atoms with Crippen LogP contribution in [0.25, 0.3) is 0 Å². The van der Waals surface area contributed by atoms with Crippen molar-refractivity contribution in [2.45, 2.75) is 24.8 Å². The number of β-amino-alcohol motifs (C(OH)–C–C–N with tert-alkyl or cyclic N) is 2. The summed E-state index contributed by atoms with van der Waals surface area (Å²) in [5.41, 5.74) is -0.330. The van der Waals surface area contributed by atoms with Gasteiger partial charge in [0.1, 0.15) is 24.6 Å². The third-order valence-electron chi connectivity index (χ3n) is 4.89. The highest BCUT2D eigenvalue weighted by atomic mass is 16.5. The Morgan fingerprint density at radius 3 is 2.86 bits per heavy atom. The Balaban J connectivity index is 1.45. The summed E-state index contributed by atoms with van der Waals surface area (Å²) in [6.45, 7) is 2.30.